The molecule has 1 amide bonds. The molecule has 0 aliphatic carbocycles. The maximum absolute atomic E-state index is 12.8. The van der Waals surface area contributed by atoms with E-state index in [0.29, 0.717) is 0 Å². The van der Waals surface area contributed by atoms with Crippen molar-refractivity contribution in [3.63, 3.8) is 0 Å². The van der Waals surface area contributed by atoms with Gasteiger partial charge in [0, 0.05) is 12.1 Å². The van der Waals surface area contributed by atoms with E-state index in [-0.39, 0.29) is 22.9 Å². The smallest absolute Gasteiger partial charge is 0.321 e. The zero-order valence-electron chi connectivity index (χ0n) is 14.8. The van der Waals surface area contributed by atoms with Crippen LogP contribution in [0.15, 0.2) is 29.2 Å². The van der Waals surface area contributed by atoms with Crippen molar-refractivity contribution < 1.29 is 27.1 Å². The van der Waals surface area contributed by atoms with Crippen LogP contribution in [0.3, 0.4) is 0 Å². The number of carbonyl (C=O) groups excluding carboxylic acids is 2. The van der Waals surface area contributed by atoms with Crippen LogP contribution < -0.4 is 4.72 Å². The van der Waals surface area contributed by atoms with E-state index >= 15 is 0 Å². The molecule has 9 heteroatoms. The molecule has 1 saturated heterocycles. The van der Waals surface area contributed by atoms with E-state index in [9.17, 15) is 22.4 Å². The van der Waals surface area contributed by atoms with Crippen LogP contribution in [0.2, 0.25) is 0 Å². The molecular weight excluding hydrogens is 363 g/mol. The number of ether oxygens (including phenoxy) is 1. The lowest BCUT2D eigenvalue weighted by atomic mass is 9.97. The van der Waals surface area contributed by atoms with Crippen molar-refractivity contribution in [2.75, 3.05) is 13.2 Å². The van der Waals surface area contributed by atoms with Crippen LogP contribution in [0.1, 0.15) is 33.1 Å². The molecule has 1 aromatic carbocycles. The average Bonchev–Trinajstić information content (AvgIpc) is 2.58. The quantitative estimate of drug-likeness (QED) is 0.747. The Hall–Kier alpha value is -2.00. The third kappa shape index (κ3) is 5.25. The number of esters is 1. The minimum Gasteiger partial charge on any atom is -0.455 e. The van der Waals surface area contributed by atoms with Gasteiger partial charge in [0.1, 0.15) is 12.4 Å². The summed E-state index contributed by atoms with van der Waals surface area (Å²) < 4.78 is 43.8. The Labute approximate surface area is 152 Å². The van der Waals surface area contributed by atoms with Crippen molar-refractivity contribution in [1.82, 2.24) is 9.62 Å². The van der Waals surface area contributed by atoms with Crippen LogP contribution in [0.5, 0.6) is 0 Å². The minimum absolute atomic E-state index is 0.0851. The standard InChI is InChI=1S/C17H23FN2O5S/c1-12-4-3-5-13(2)20(12)16(21)11-25-17(22)10-19-26(23,24)15-8-6-14(18)7-9-15/h6-9,12-13,19H,3-5,10-11H2,1-2H3/t12-,13+. The Balaban J connectivity index is 1.83. The van der Waals surface area contributed by atoms with Crippen LogP contribution in [-0.4, -0.2) is 50.4 Å². The fourth-order valence-electron chi connectivity index (χ4n) is 3.03. The van der Waals surface area contributed by atoms with Gasteiger partial charge in [0.2, 0.25) is 10.0 Å². The first kappa shape index (κ1) is 20.3. The molecule has 2 atom stereocenters. The number of sulfonamides is 1. The zero-order chi connectivity index (χ0) is 19.3. The van der Waals surface area contributed by atoms with E-state index in [1.807, 2.05) is 13.8 Å². The highest BCUT2D eigenvalue weighted by molar-refractivity contribution is 7.89. The molecule has 26 heavy (non-hydrogen) atoms. The van der Waals surface area contributed by atoms with Gasteiger partial charge in [-0.05, 0) is 57.4 Å². The summed E-state index contributed by atoms with van der Waals surface area (Å²) >= 11 is 0. The van der Waals surface area contributed by atoms with E-state index in [4.69, 9.17) is 4.74 Å². The van der Waals surface area contributed by atoms with Gasteiger partial charge < -0.3 is 9.64 Å². The van der Waals surface area contributed by atoms with Crippen molar-refractivity contribution in [3.8, 4) is 0 Å². The summed E-state index contributed by atoms with van der Waals surface area (Å²) in [6.07, 6.45) is 2.86. The monoisotopic (exact) mass is 386 g/mol. The number of nitrogens with zero attached hydrogens (tertiary/aromatic N) is 1. The number of halogens is 1. The molecule has 2 rings (SSSR count). The molecule has 1 N–H and O–H groups in total. The van der Waals surface area contributed by atoms with Gasteiger partial charge in [-0.3, -0.25) is 9.59 Å². The van der Waals surface area contributed by atoms with Gasteiger partial charge in [-0.25, -0.2) is 12.8 Å². The number of likely N-dealkylation sites (tertiary alicyclic amines) is 1. The molecule has 1 aromatic rings. The second-order valence-corrected chi connectivity index (χ2v) is 8.14. The molecule has 1 fully saturated rings. The normalized spacial score (nSPS) is 20.7. The fourth-order valence-corrected chi connectivity index (χ4v) is 4.00. The number of nitrogens with one attached hydrogen (secondary N) is 1. The molecule has 1 heterocycles. The summed E-state index contributed by atoms with van der Waals surface area (Å²) in [5.74, 6) is -1.72. The number of rotatable bonds is 6. The summed E-state index contributed by atoms with van der Waals surface area (Å²) in [5.41, 5.74) is 0. The summed E-state index contributed by atoms with van der Waals surface area (Å²) in [6.45, 7) is 2.86. The number of benzene rings is 1. The molecule has 1 aliphatic heterocycles. The number of piperidine rings is 1. The van der Waals surface area contributed by atoms with Crippen molar-refractivity contribution in [1.29, 1.82) is 0 Å². The largest absolute Gasteiger partial charge is 0.455 e. The fraction of sp³-hybridized carbons (Fsp3) is 0.529. The molecule has 144 valence electrons. The van der Waals surface area contributed by atoms with Gasteiger partial charge >= 0.3 is 5.97 Å². The Bertz CT molecular complexity index is 741. The number of hydrogen-bond acceptors (Lipinski definition) is 5. The maximum Gasteiger partial charge on any atom is 0.321 e. The molecule has 0 spiro atoms. The lowest BCUT2D eigenvalue weighted by molar-refractivity contribution is -0.154. The first-order chi connectivity index (χ1) is 12.2. The Morgan fingerprint density at radius 1 is 1.19 bits per heavy atom. The topological polar surface area (TPSA) is 92.8 Å². The Morgan fingerprint density at radius 2 is 1.77 bits per heavy atom. The van der Waals surface area contributed by atoms with Crippen molar-refractivity contribution >= 4 is 21.9 Å². The number of hydrogen-bond donors (Lipinski definition) is 1. The lowest BCUT2D eigenvalue weighted by Gasteiger charge is -2.38. The van der Waals surface area contributed by atoms with Crippen LogP contribution in [0.25, 0.3) is 0 Å². The van der Waals surface area contributed by atoms with E-state index < -0.39 is 35.0 Å². The number of carbonyl (C=O) groups is 2. The van der Waals surface area contributed by atoms with E-state index in [1.54, 1.807) is 4.90 Å². The van der Waals surface area contributed by atoms with Crippen LogP contribution in [0, 0.1) is 5.82 Å². The van der Waals surface area contributed by atoms with Crippen molar-refractivity contribution in [2.45, 2.75) is 50.1 Å². The van der Waals surface area contributed by atoms with Crippen LogP contribution in [0.4, 0.5) is 4.39 Å². The predicted molar refractivity (Wildman–Crippen MR) is 92.2 cm³/mol. The SMILES string of the molecule is C[C@@H]1CCC[C@H](C)N1C(=O)COC(=O)CNS(=O)(=O)c1ccc(F)cc1. The maximum atomic E-state index is 12.8. The summed E-state index contributed by atoms with van der Waals surface area (Å²) in [7, 11) is -3.96. The average molecular weight is 386 g/mol. The van der Waals surface area contributed by atoms with Gasteiger partial charge in [0.15, 0.2) is 6.61 Å². The van der Waals surface area contributed by atoms with Gasteiger partial charge in [-0.15, -0.1) is 0 Å². The van der Waals surface area contributed by atoms with Crippen molar-refractivity contribution in [3.05, 3.63) is 30.1 Å². The van der Waals surface area contributed by atoms with Crippen LogP contribution >= 0.6 is 0 Å². The van der Waals surface area contributed by atoms with Crippen molar-refractivity contribution in [2.24, 2.45) is 0 Å². The molecule has 0 saturated carbocycles. The van der Waals surface area contributed by atoms with E-state index in [0.717, 1.165) is 43.5 Å². The molecule has 0 unspecified atom stereocenters. The third-order valence-electron chi connectivity index (χ3n) is 4.37. The van der Waals surface area contributed by atoms with Gasteiger partial charge in [0.05, 0.1) is 4.90 Å². The summed E-state index contributed by atoms with van der Waals surface area (Å²) in [6, 6.07) is 4.36. The van der Waals surface area contributed by atoms with Gasteiger partial charge in [-0.1, -0.05) is 0 Å². The highest BCUT2D eigenvalue weighted by Gasteiger charge is 2.29. The summed E-state index contributed by atoms with van der Waals surface area (Å²) in [4.78, 5) is 25.5. The number of amides is 1. The molecule has 0 radical (unpaired) electrons. The Morgan fingerprint density at radius 3 is 2.35 bits per heavy atom. The van der Waals surface area contributed by atoms with E-state index in [2.05, 4.69) is 4.72 Å². The Kier molecular flexibility index (Phi) is 6.71. The molecular formula is C17H23FN2O5S. The zero-order valence-corrected chi connectivity index (χ0v) is 15.6. The molecule has 1 aliphatic rings. The molecule has 0 bridgehead atoms. The molecule has 0 aromatic heterocycles. The predicted octanol–water partition coefficient (Wildman–Crippen LogP) is 1.44. The second kappa shape index (κ2) is 8.59. The van der Waals surface area contributed by atoms with Crippen LogP contribution in [-0.2, 0) is 24.3 Å². The third-order valence-corrected chi connectivity index (χ3v) is 5.79. The second-order valence-electron chi connectivity index (χ2n) is 6.37. The van der Waals surface area contributed by atoms with Gasteiger partial charge in [0.25, 0.3) is 5.91 Å². The minimum atomic E-state index is -3.96. The highest BCUT2D eigenvalue weighted by Crippen LogP contribution is 2.22. The first-order valence-electron chi connectivity index (χ1n) is 8.42. The molecule has 7 nitrogen and oxygen atoms in total. The highest BCUT2D eigenvalue weighted by atomic mass is 32.2. The first-order valence-corrected chi connectivity index (χ1v) is 9.91. The van der Waals surface area contributed by atoms with Gasteiger partial charge in [-0.2, -0.15) is 4.72 Å². The van der Waals surface area contributed by atoms with E-state index in [1.165, 1.54) is 0 Å². The summed E-state index contributed by atoms with van der Waals surface area (Å²) in [5, 5.41) is 0. The lowest BCUT2D eigenvalue weighted by Crippen LogP contribution is -2.49.